The lowest BCUT2D eigenvalue weighted by Crippen LogP contribution is -2.25. The summed E-state index contributed by atoms with van der Waals surface area (Å²) < 4.78 is 2.21. The number of para-hydroxylation sites is 2. The summed E-state index contributed by atoms with van der Waals surface area (Å²) in [6.07, 6.45) is 2.27. The van der Waals surface area contributed by atoms with Crippen molar-refractivity contribution in [3.05, 3.63) is 30.1 Å². The Bertz CT molecular complexity index is 560. The number of aryl methyl sites for hydroxylation is 1. The van der Waals surface area contributed by atoms with Gasteiger partial charge in [-0.15, -0.1) is 0 Å². The van der Waals surface area contributed by atoms with Gasteiger partial charge < -0.3 is 9.88 Å². The smallest absolute Gasteiger partial charge is 0.219 e. The van der Waals surface area contributed by atoms with Gasteiger partial charge >= 0.3 is 0 Å². The van der Waals surface area contributed by atoms with E-state index >= 15 is 0 Å². The number of amides is 1. The SMILES string of the molecule is CCCC(=O)NCCc1nc2ccccc2n1CC. The number of hydrogen-bond acceptors (Lipinski definition) is 2. The Labute approximate surface area is 113 Å². The van der Waals surface area contributed by atoms with E-state index in [-0.39, 0.29) is 5.91 Å². The zero-order valence-corrected chi connectivity index (χ0v) is 11.6. The Morgan fingerprint density at radius 1 is 1.32 bits per heavy atom. The summed E-state index contributed by atoms with van der Waals surface area (Å²) in [5.41, 5.74) is 2.19. The van der Waals surface area contributed by atoms with Crippen LogP contribution in [-0.2, 0) is 17.8 Å². The number of nitrogens with zero attached hydrogens (tertiary/aromatic N) is 2. The third-order valence-corrected chi connectivity index (χ3v) is 3.20. The maximum atomic E-state index is 11.4. The van der Waals surface area contributed by atoms with E-state index in [1.807, 2.05) is 25.1 Å². The first-order valence-electron chi connectivity index (χ1n) is 6.97. The molecule has 19 heavy (non-hydrogen) atoms. The molecule has 0 radical (unpaired) electrons. The van der Waals surface area contributed by atoms with Crippen LogP contribution < -0.4 is 5.32 Å². The highest BCUT2D eigenvalue weighted by molar-refractivity contribution is 5.76. The zero-order valence-electron chi connectivity index (χ0n) is 11.6. The van der Waals surface area contributed by atoms with E-state index < -0.39 is 0 Å². The highest BCUT2D eigenvalue weighted by atomic mass is 16.1. The molecule has 1 aromatic heterocycles. The molecule has 4 nitrogen and oxygen atoms in total. The van der Waals surface area contributed by atoms with E-state index in [1.54, 1.807) is 0 Å². The maximum Gasteiger partial charge on any atom is 0.219 e. The van der Waals surface area contributed by atoms with Crippen molar-refractivity contribution >= 4 is 16.9 Å². The highest BCUT2D eigenvalue weighted by Crippen LogP contribution is 2.15. The van der Waals surface area contributed by atoms with Gasteiger partial charge in [-0.2, -0.15) is 0 Å². The van der Waals surface area contributed by atoms with Gasteiger partial charge in [0.2, 0.25) is 5.91 Å². The molecule has 0 aliphatic rings. The number of rotatable bonds is 6. The molecule has 0 saturated carbocycles. The van der Waals surface area contributed by atoms with Gasteiger partial charge in [0.25, 0.3) is 0 Å². The third-order valence-electron chi connectivity index (χ3n) is 3.20. The van der Waals surface area contributed by atoms with E-state index in [1.165, 1.54) is 5.52 Å². The fourth-order valence-electron chi connectivity index (χ4n) is 2.30. The van der Waals surface area contributed by atoms with Crippen LogP contribution in [0.4, 0.5) is 0 Å². The van der Waals surface area contributed by atoms with Crippen LogP contribution in [0.1, 0.15) is 32.5 Å². The lowest BCUT2D eigenvalue weighted by atomic mass is 10.3. The molecule has 0 spiro atoms. The summed E-state index contributed by atoms with van der Waals surface area (Å²) in [5, 5.41) is 2.94. The number of benzene rings is 1. The molecular formula is C15H21N3O. The van der Waals surface area contributed by atoms with Gasteiger partial charge in [0.1, 0.15) is 5.82 Å². The molecule has 2 rings (SSSR count). The molecule has 1 heterocycles. The van der Waals surface area contributed by atoms with Crippen molar-refractivity contribution in [3.63, 3.8) is 0 Å². The van der Waals surface area contributed by atoms with Crippen LogP contribution >= 0.6 is 0 Å². The molecule has 0 fully saturated rings. The predicted octanol–water partition coefficient (Wildman–Crippen LogP) is 2.52. The van der Waals surface area contributed by atoms with Crippen molar-refractivity contribution in [2.75, 3.05) is 6.54 Å². The standard InChI is InChI=1S/C15H21N3O/c1-3-7-15(19)16-11-10-14-17-12-8-5-6-9-13(12)18(14)4-2/h5-6,8-9H,3-4,7,10-11H2,1-2H3,(H,16,19). The second kappa shape index (κ2) is 6.36. The average Bonchev–Trinajstić information content (AvgIpc) is 2.76. The van der Waals surface area contributed by atoms with Crippen molar-refractivity contribution in [2.24, 2.45) is 0 Å². The van der Waals surface area contributed by atoms with Gasteiger partial charge in [-0.05, 0) is 25.5 Å². The molecule has 1 N–H and O–H groups in total. The van der Waals surface area contributed by atoms with Crippen LogP contribution in [0.3, 0.4) is 0 Å². The van der Waals surface area contributed by atoms with Gasteiger partial charge in [0, 0.05) is 25.9 Å². The van der Waals surface area contributed by atoms with Gasteiger partial charge in [-0.1, -0.05) is 19.1 Å². The van der Waals surface area contributed by atoms with E-state index in [0.717, 1.165) is 30.7 Å². The minimum Gasteiger partial charge on any atom is -0.356 e. The lowest BCUT2D eigenvalue weighted by molar-refractivity contribution is -0.121. The van der Waals surface area contributed by atoms with Gasteiger partial charge in [-0.25, -0.2) is 4.98 Å². The van der Waals surface area contributed by atoms with Crippen molar-refractivity contribution in [1.29, 1.82) is 0 Å². The molecule has 102 valence electrons. The summed E-state index contributed by atoms with van der Waals surface area (Å²) in [6, 6.07) is 8.15. The normalized spacial score (nSPS) is 10.8. The monoisotopic (exact) mass is 259 g/mol. The number of carbonyl (C=O) groups is 1. The van der Waals surface area contributed by atoms with Crippen LogP contribution in [0.2, 0.25) is 0 Å². The Morgan fingerprint density at radius 2 is 2.11 bits per heavy atom. The van der Waals surface area contributed by atoms with Gasteiger partial charge in [0.15, 0.2) is 0 Å². The second-order valence-corrected chi connectivity index (χ2v) is 4.61. The molecular weight excluding hydrogens is 238 g/mol. The number of hydrogen-bond donors (Lipinski definition) is 1. The number of aromatic nitrogens is 2. The minimum atomic E-state index is 0.127. The highest BCUT2D eigenvalue weighted by Gasteiger charge is 2.08. The summed E-state index contributed by atoms with van der Waals surface area (Å²) in [4.78, 5) is 16.1. The Balaban J connectivity index is 2.06. The molecule has 0 unspecified atom stereocenters. The van der Waals surface area contributed by atoms with Crippen molar-refractivity contribution < 1.29 is 4.79 Å². The molecule has 0 bridgehead atoms. The van der Waals surface area contributed by atoms with Crippen LogP contribution in [0, 0.1) is 0 Å². The molecule has 0 aliphatic heterocycles. The lowest BCUT2D eigenvalue weighted by Gasteiger charge is -2.07. The number of carbonyl (C=O) groups excluding carboxylic acids is 1. The van der Waals surface area contributed by atoms with Crippen molar-refractivity contribution in [3.8, 4) is 0 Å². The third kappa shape index (κ3) is 3.13. The summed E-state index contributed by atoms with van der Waals surface area (Å²) in [5.74, 6) is 1.17. The number of fused-ring (bicyclic) bond motifs is 1. The quantitative estimate of drug-likeness (QED) is 0.866. The first kappa shape index (κ1) is 13.6. The Hall–Kier alpha value is -1.84. The molecule has 0 atom stereocenters. The summed E-state index contributed by atoms with van der Waals surface area (Å²) in [6.45, 7) is 5.68. The van der Waals surface area contributed by atoms with Crippen molar-refractivity contribution in [1.82, 2.24) is 14.9 Å². The summed E-state index contributed by atoms with van der Waals surface area (Å²) in [7, 11) is 0. The Morgan fingerprint density at radius 3 is 2.84 bits per heavy atom. The van der Waals surface area contributed by atoms with E-state index in [2.05, 4.69) is 27.9 Å². The molecule has 0 aliphatic carbocycles. The van der Waals surface area contributed by atoms with Gasteiger partial charge in [-0.3, -0.25) is 4.79 Å². The fourth-order valence-corrected chi connectivity index (χ4v) is 2.30. The molecule has 2 aromatic rings. The van der Waals surface area contributed by atoms with E-state index in [9.17, 15) is 4.79 Å². The molecule has 1 amide bonds. The van der Waals surface area contributed by atoms with Gasteiger partial charge in [0.05, 0.1) is 11.0 Å². The average molecular weight is 259 g/mol. The molecule has 0 saturated heterocycles. The fraction of sp³-hybridized carbons (Fsp3) is 0.467. The predicted molar refractivity (Wildman–Crippen MR) is 77.0 cm³/mol. The second-order valence-electron chi connectivity index (χ2n) is 4.61. The molecule has 4 heteroatoms. The minimum absolute atomic E-state index is 0.127. The van der Waals surface area contributed by atoms with E-state index in [4.69, 9.17) is 0 Å². The van der Waals surface area contributed by atoms with Crippen molar-refractivity contribution in [2.45, 2.75) is 39.7 Å². The number of nitrogens with one attached hydrogen (secondary N) is 1. The zero-order chi connectivity index (χ0) is 13.7. The first-order valence-corrected chi connectivity index (χ1v) is 6.97. The van der Waals surface area contributed by atoms with Crippen LogP contribution in [0.5, 0.6) is 0 Å². The van der Waals surface area contributed by atoms with Crippen LogP contribution in [0.15, 0.2) is 24.3 Å². The van der Waals surface area contributed by atoms with E-state index in [0.29, 0.717) is 13.0 Å². The van der Waals surface area contributed by atoms with Crippen LogP contribution in [0.25, 0.3) is 11.0 Å². The van der Waals surface area contributed by atoms with Crippen LogP contribution in [-0.4, -0.2) is 22.0 Å². The first-order chi connectivity index (χ1) is 9.26. The largest absolute Gasteiger partial charge is 0.356 e. The maximum absolute atomic E-state index is 11.4. The molecule has 1 aromatic carbocycles. The Kier molecular flexibility index (Phi) is 4.55. The topological polar surface area (TPSA) is 46.9 Å². The number of imidazole rings is 1. The summed E-state index contributed by atoms with van der Waals surface area (Å²) >= 11 is 0.